The van der Waals surface area contributed by atoms with Crippen LogP contribution in [0.3, 0.4) is 0 Å². The van der Waals surface area contributed by atoms with E-state index in [2.05, 4.69) is 14.9 Å². The Morgan fingerprint density at radius 3 is 2.34 bits per heavy atom. The van der Waals surface area contributed by atoms with Crippen LogP contribution in [0.5, 0.6) is 0 Å². The maximum Gasteiger partial charge on any atom is 0.261 e. The molecule has 2 N–H and O–H groups in total. The zero-order valence-corrected chi connectivity index (χ0v) is 18.1. The van der Waals surface area contributed by atoms with Crippen molar-refractivity contribution in [3.63, 3.8) is 0 Å². The third kappa shape index (κ3) is 6.16. The number of sulfonamides is 1. The standard InChI is InChI=1S/C20H25ClFN3O3S/c1-4-25(5-2)14(3)13-23-20(26)18-12-17(10-11-19(18)21)29(27,28)24-16-8-6-15(22)7-9-16/h6-12,14,24H,4-5,13H2,1-3H3,(H,23,26). The van der Waals surface area contributed by atoms with Crippen molar-refractivity contribution in [2.45, 2.75) is 31.7 Å². The predicted octanol–water partition coefficient (Wildman–Crippen LogP) is 3.74. The van der Waals surface area contributed by atoms with Crippen LogP contribution in [-0.4, -0.2) is 44.9 Å². The minimum Gasteiger partial charge on any atom is -0.350 e. The zero-order chi connectivity index (χ0) is 21.6. The van der Waals surface area contributed by atoms with E-state index in [-0.39, 0.29) is 27.2 Å². The first kappa shape index (κ1) is 23.1. The lowest BCUT2D eigenvalue weighted by Gasteiger charge is -2.26. The maximum atomic E-state index is 13.0. The molecule has 158 valence electrons. The molecule has 1 unspecified atom stereocenters. The molecule has 0 bridgehead atoms. The molecular formula is C20H25ClFN3O3S. The number of carbonyl (C=O) groups excluding carboxylic acids is 1. The highest BCUT2D eigenvalue weighted by atomic mass is 35.5. The van der Waals surface area contributed by atoms with Crippen LogP contribution in [0.25, 0.3) is 0 Å². The summed E-state index contributed by atoms with van der Waals surface area (Å²) in [6.45, 7) is 8.21. The number of nitrogens with zero attached hydrogens (tertiary/aromatic N) is 1. The largest absolute Gasteiger partial charge is 0.350 e. The molecule has 0 aliphatic rings. The molecule has 9 heteroatoms. The first-order chi connectivity index (χ1) is 13.7. The van der Waals surface area contributed by atoms with Crippen LogP contribution < -0.4 is 10.0 Å². The van der Waals surface area contributed by atoms with Crippen LogP contribution in [0.1, 0.15) is 31.1 Å². The monoisotopic (exact) mass is 441 g/mol. The van der Waals surface area contributed by atoms with Gasteiger partial charge in [-0.05, 0) is 62.5 Å². The summed E-state index contributed by atoms with van der Waals surface area (Å²) in [5.41, 5.74) is 0.279. The number of nitrogens with one attached hydrogen (secondary N) is 2. The van der Waals surface area contributed by atoms with Gasteiger partial charge in [0.05, 0.1) is 15.5 Å². The van der Waals surface area contributed by atoms with E-state index in [1.165, 1.54) is 30.3 Å². The first-order valence-corrected chi connectivity index (χ1v) is 11.1. The smallest absolute Gasteiger partial charge is 0.261 e. The molecule has 0 saturated carbocycles. The lowest BCUT2D eigenvalue weighted by Crippen LogP contribution is -2.42. The van der Waals surface area contributed by atoms with Crippen molar-refractivity contribution in [1.29, 1.82) is 0 Å². The molecule has 0 spiro atoms. The summed E-state index contributed by atoms with van der Waals surface area (Å²) in [4.78, 5) is 14.6. The average molecular weight is 442 g/mol. The van der Waals surface area contributed by atoms with Gasteiger partial charge in [-0.3, -0.25) is 14.4 Å². The number of rotatable bonds is 9. The van der Waals surface area contributed by atoms with Gasteiger partial charge in [-0.2, -0.15) is 0 Å². The topological polar surface area (TPSA) is 78.5 Å². The summed E-state index contributed by atoms with van der Waals surface area (Å²) >= 11 is 6.12. The van der Waals surface area contributed by atoms with Gasteiger partial charge in [0.1, 0.15) is 5.82 Å². The van der Waals surface area contributed by atoms with Crippen LogP contribution in [0.2, 0.25) is 5.02 Å². The lowest BCUT2D eigenvalue weighted by atomic mass is 10.2. The minimum absolute atomic E-state index is 0.0698. The second kappa shape index (κ2) is 10.0. The zero-order valence-electron chi connectivity index (χ0n) is 16.6. The molecule has 0 aromatic heterocycles. The van der Waals surface area contributed by atoms with E-state index >= 15 is 0 Å². The first-order valence-electron chi connectivity index (χ1n) is 9.28. The molecule has 29 heavy (non-hydrogen) atoms. The highest BCUT2D eigenvalue weighted by molar-refractivity contribution is 7.92. The van der Waals surface area contributed by atoms with E-state index in [4.69, 9.17) is 11.6 Å². The van der Waals surface area contributed by atoms with E-state index in [9.17, 15) is 17.6 Å². The van der Waals surface area contributed by atoms with E-state index in [0.29, 0.717) is 6.54 Å². The van der Waals surface area contributed by atoms with Crippen LogP contribution in [0.15, 0.2) is 47.4 Å². The van der Waals surface area contributed by atoms with Gasteiger partial charge in [0.2, 0.25) is 0 Å². The van der Waals surface area contributed by atoms with Crippen LogP contribution in [-0.2, 0) is 10.0 Å². The van der Waals surface area contributed by atoms with Crippen molar-refractivity contribution in [3.05, 3.63) is 58.9 Å². The van der Waals surface area contributed by atoms with Gasteiger partial charge >= 0.3 is 0 Å². The highest BCUT2D eigenvalue weighted by Gasteiger charge is 2.20. The normalized spacial score (nSPS) is 12.6. The maximum absolute atomic E-state index is 13.0. The molecule has 0 aliphatic carbocycles. The molecule has 1 atom stereocenters. The molecule has 0 saturated heterocycles. The quantitative estimate of drug-likeness (QED) is 0.621. The van der Waals surface area contributed by atoms with Crippen molar-refractivity contribution in [3.8, 4) is 0 Å². The Hall–Kier alpha value is -2.16. The molecule has 2 rings (SSSR count). The highest BCUT2D eigenvalue weighted by Crippen LogP contribution is 2.23. The summed E-state index contributed by atoms with van der Waals surface area (Å²) in [5.74, 6) is -0.926. The number of carbonyl (C=O) groups is 1. The van der Waals surface area contributed by atoms with Crippen molar-refractivity contribution >= 4 is 33.2 Å². The molecule has 0 heterocycles. The molecule has 0 fully saturated rings. The van der Waals surface area contributed by atoms with E-state index in [0.717, 1.165) is 25.2 Å². The molecular weight excluding hydrogens is 417 g/mol. The number of benzene rings is 2. The van der Waals surface area contributed by atoms with Gasteiger partial charge in [0, 0.05) is 18.3 Å². The van der Waals surface area contributed by atoms with Crippen LogP contribution in [0.4, 0.5) is 10.1 Å². The average Bonchev–Trinajstić information content (AvgIpc) is 2.69. The number of hydrogen-bond donors (Lipinski definition) is 2. The Morgan fingerprint density at radius 2 is 1.76 bits per heavy atom. The minimum atomic E-state index is -3.97. The second-order valence-corrected chi connectivity index (χ2v) is 8.62. The predicted molar refractivity (Wildman–Crippen MR) is 113 cm³/mol. The number of halogens is 2. The fourth-order valence-corrected chi connectivity index (χ4v) is 4.18. The summed E-state index contributed by atoms with van der Waals surface area (Å²) in [5, 5.41) is 2.95. The fourth-order valence-electron chi connectivity index (χ4n) is 2.89. The SMILES string of the molecule is CCN(CC)C(C)CNC(=O)c1cc(S(=O)(=O)Nc2ccc(F)cc2)ccc1Cl. The summed E-state index contributed by atoms with van der Waals surface area (Å²) in [7, 11) is -3.97. The third-order valence-corrected chi connectivity index (χ3v) is 6.29. The Morgan fingerprint density at radius 1 is 1.14 bits per heavy atom. The number of likely N-dealkylation sites (N-methyl/N-ethyl adjacent to an activating group) is 1. The second-order valence-electron chi connectivity index (χ2n) is 6.53. The van der Waals surface area contributed by atoms with Gasteiger partial charge in [0.25, 0.3) is 15.9 Å². The van der Waals surface area contributed by atoms with Gasteiger partial charge in [-0.1, -0.05) is 25.4 Å². The molecule has 2 aromatic carbocycles. The van der Waals surface area contributed by atoms with Crippen LogP contribution >= 0.6 is 11.6 Å². The summed E-state index contributed by atoms with van der Waals surface area (Å²) < 4.78 is 40.6. The van der Waals surface area contributed by atoms with Gasteiger partial charge in [0.15, 0.2) is 0 Å². The Labute approximate surface area is 176 Å². The van der Waals surface area contributed by atoms with E-state index in [1.54, 1.807) is 0 Å². The third-order valence-electron chi connectivity index (χ3n) is 4.58. The van der Waals surface area contributed by atoms with Crippen LogP contribution in [0, 0.1) is 5.82 Å². The molecule has 1 amide bonds. The number of hydrogen-bond acceptors (Lipinski definition) is 4. The van der Waals surface area contributed by atoms with Crippen molar-refractivity contribution < 1.29 is 17.6 Å². The molecule has 2 aromatic rings. The van der Waals surface area contributed by atoms with E-state index < -0.39 is 21.7 Å². The Bertz CT molecular complexity index is 948. The van der Waals surface area contributed by atoms with E-state index in [1.807, 2.05) is 20.8 Å². The van der Waals surface area contributed by atoms with Gasteiger partial charge in [-0.25, -0.2) is 12.8 Å². The number of anilines is 1. The fraction of sp³-hybridized carbons (Fsp3) is 0.350. The Kier molecular flexibility index (Phi) is 8.01. The molecule has 0 aliphatic heterocycles. The van der Waals surface area contributed by atoms with Gasteiger partial charge in [-0.15, -0.1) is 0 Å². The van der Waals surface area contributed by atoms with Gasteiger partial charge < -0.3 is 5.32 Å². The Balaban J connectivity index is 2.17. The molecule has 0 radical (unpaired) electrons. The summed E-state index contributed by atoms with van der Waals surface area (Å²) in [6, 6.07) is 8.94. The van der Waals surface area contributed by atoms with Crippen molar-refractivity contribution in [2.24, 2.45) is 0 Å². The molecule has 6 nitrogen and oxygen atoms in total. The lowest BCUT2D eigenvalue weighted by molar-refractivity contribution is 0.0938. The van der Waals surface area contributed by atoms with Crippen molar-refractivity contribution in [2.75, 3.05) is 24.4 Å². The summed E-state index contributed by atoms with van der Waals surface area (Å²) in [6.07, 6.45) is 0. The number of amides is 1. The van der Waals surface area contributed by atoms with Crippen molar-refractivity contribution in [1.82, 2.24) is 10.2 Å².